The highest BCUT2D eigenvalue weighted by molar-refractivity contribution is 5.96. The zero-order valence-electron chi connectivity index (χ0n) is 53.0. The molecular weight excluding hydrogens is 1240 g/mol. The molecule has 3 fully saturated rings. The molecule has 0 bridgehead atoms. The molecule has 1 atom stereocenters. The number of methoxy groups -OCH3 is 3. The van der Waals surface area contributed by atoms with Gasteiger partial charge in [0.15, 0.2) is 40.9 Å². The second-order valence-corrected chi connectivity index (χ2v) is 24.1. The van der Waals surface area contributed by atoms with Crippen LogP contribution in [0.1, 0.15) is 98.6 Å². The number of benzene rings is 4. The van der Waals surface area contributed by atoms with Crippen LogP contribution in [-0.2, 0) is 40.2 Å². The van der Waals surface area contributed by atoms with Crippen molar-refractivity contribution in [2.45, 2.75) is 83.7 Å². The van der Waals surface area contributed by atoms with Gasteiger partial charge in [0, 0.05) is 60.3 Å². The van der Waals surface area contributed by atoms with Gasteiger partial charge in [-0.25, -0.2) is 56.8 Å². The quantitative estimate of drug-likeness (QED) is 0.0275. The molecule has 0 radical (unpaired) electrons. The number of halogens is 4. The average molecular weight is 1310 g/mol. The smallest absolute Gasteiger partial charge is 0.267 e. The standard InChI is InChI=1S/C68H66F4N18O6/c1-68(2,72)56-49(79-46-20-12-17-42(60(46)96-6)63-75-34-89(86-63)31-50-55(61(70)71)48(28-53(80-50)83-66(92)38-23-24-38)78-45-19-10-15-40(58(45)94-4)62-74-33-88(3)85-62)29-54(84-67(93)39-25-26-39)81-51(56)32-90-35-76-64(87-90)41-16-11-18-44(59(41)95-5)77-47-27-52(82-65(91)37-21-22-37)73-30-43(47)57(69)36-13-8-7-9-14-36/h7-20,27-30,33-35,37-39,57,61H,21-26,31-32H2,1-6H3,(H2,73,77,82,91)(H2,78,80,83,92)(H2,79,81,84,93). The van der Waals surface area contributed by atoms with E-state index in [1.165, 1.54) is 80.5 Å². The van der Waals surface area contributed by atoms with E-state index in [9.17, 15) is 14.4 Å². The molecule has 3 saturated carbocycles. The first-order valence-corrected chi connectivity index (χ1v) is 31.0. The first-order chi connectivity index (χ1) is 46.4. The summed E-state index contributed by atoms with van der Waals surface area (Å²) in [7, 11) is 6.07. The number of carbonyl (C=O) groups is 3. The van der Waals surface area contributed by atoms with Gasteiger partial charge in [0.05, 0.1) is 102 Å². The molecule has 0 aliphatic heterocycles. The topological polar surface area (TPSA) is 282 Å². The molecule has 13 rings (SSSR count). The molecule has 6 aromatic heterocycles. The van der Waals surface area contributed by atoms with Crippen molar-refractivity contribution in [3.63, 3.8) is 0 Å². The molecule has 492 valence electrons. The number of anilines is 9. The van der Waals surface area contributed by atoms with E-state index < -0.39 is 23.8 Å². The number of pyridine rings is 3. The van der Waals surface area contributed by atoms with Gasteiger partial charge in [0.2, 0.25) is 17.7 Å². The molecule has 3 aliphatic rings. The second kappa shape index (κ2) is 26.6. The fraction of sp³-hybridized carbons (Fsp3) is 0.294. The lowest BCUT2D eigenvalue weighted by molar-refractivity contribution is -0.118. The highest BCUT2D eigenvalue weighted by Gasteiger charge is 2.35. The van der Waals surface area contributed by atoms with Crippen LogP contribution in [0.15, 0.2) is 128 Å². The number of aromatic nitrogens is 12. The average Bonchev–Trinajstić information content (AvgIpc) is 1.47. The third-order valence-corrected chi connectivity index (χ3v) is 16.4. The van der Waals surface area contributed by atoms with Crippen LogP contribution in [-0.4, -0.2) is 98.3 Å². The summed E-state index contributed by atoms with van der Waals surface area (Å²) >= 11 is 0. The van der Waals surface area contributed by atoms with Gasteiger partial charge in [0.25, 0.3) is 6.43 Å². The zero-order chi connectivity index (χ0) is 66.9. The number of carbonyl (C=O) groups excluding carboxylic acids is 3. The Bertz CT molecular complexity index is 4580. The van der Waals surface area contributed by atoms with E-state index in [1.54, 1.807) is 104 Å². The van der Waals surface area contributed by atoms with Crippen molar-refractivity contribution in [2.24, 2.45) is 24.8 Å². The minimum atomic E-state index is -3.07. The molecule has 24 nitrogen and oxygen atoms in total. The lowest BCUT2D eigenvalue weighted by atomic mass is 9.95. The van der Waals surface area contributed by atoms with E-state index in [2.05, 4.69) is 61.9 Å². The molecule has 0 spiro atoms. The fourth-order valence-corrected chi connectivity index (χ4v) is 11.3. The summed E-state index contributed by atoms with van der Waals surface area (Å²) < 4.78 is 87.1. The van der Waals surface area contributed by atoms with E-state index in [4.69, 9.17) is 29.4 Å². The molecule has 3 amide bonds. The van der Waals surface area contributed by atoms with E-state index in [0.717, 1.165) is 12.8 Å². The number of rotatable bonds is 26. The summed E-state index contributed by atoms with van der Waals surface area (Å²) in [6, 6.07) is 28.6. The van der Waals surface area contributed by atoms with E-state index >= 15 is 17.6 Å². The van der Waals surface area contributed by atoms with Crippen LogP contribution in [0.4, 0.5) is 69.1 Å². The molecule has 3 aliphatic carbocycles. The van der Waals surface area contributed by atoms with Crippen molar-refractivity contribution in [2.75, 3.05) is 53.2 Å². The number of ether oxygens (including phenoxy) is 3. The van der Waals surface area contributed by atoms with Gasteiger partial charge in [-0.05, 0) is 94.3 Å². The number of alkyl halides is 4. The largest absolute Gasteiger partial charge is 0.494 e. The third kappa shape index (κ3) is 13.8. The molecule has 10 aromatic rings. The highest BCUT2D eigenvalue weighted by Crippen LogP contribution is 2.46. The maximum atomic E-state index is 17.2. The Kier molecular flexibility index (Phi) is 17.6. The fourth-order valence-electron chi connectivity index (χ4n) is 11.3. The Hall–Kier alpha value is -11.3. The lowest BCUT2D eigenvalue weighted by Crippen LogP contribution is -2.21. The first-order valence-electron chi connectivity index (χ1n) is 31.0. The molecule has 6 N–H and O–H groups in total. The van der Waals surface area contributed by atoms with Gasteiger partial charge in [0.1, 0.15) is 42.1 Å². The molecule has 1 unspecified atom stereocenters. The van der Waals surface area contributed by atoms with Crippen LogP contribution in [0.5, 0.6) is 17.2 Å². The second-order valence-electron chi connectivity index (χ2n) is 24.1. The van der Waals surface area contributed by atoms with Gasteiger partial charge < -0.3 is 46.1 Å². The molecule has 0 saturated heterocycles. The minimum absolute atomic E-state index is 0.0336. The summed E-state index contributed by atoms with van der Waals surface area (Å²) in [5.74, 6) is 0.637. The normalized spacial score (nSPS) is 14.0. The lowest BCUT2D eigenvalue weighted by Gasteiger charge is -2.25. The predicted molar refractivity (Wildman–Crippen MR) is 350 cm³/mol. The summed E-state index contributed by atoms with van der Waals surface area (Å²) in [5.41, 5.74) is 1.06. The van der Waals surface area contributed by atoms with Crippen LogP contribution in [0, 0.1) is 17.8 Å². The van der Waals surface area contributed by atoms with E-state index in [0.29, 0.717) is 82.3 Å². The summed E-state index contributed by atoms with van der Waals surface area (Å²) in [4.78, 5) is 66.9. The van der Waals surface area contributed by atoms with Gasteiger partial charge in [-0.2, -0.15) is 15.3 Å². The molecule has 28 heteroatoms. The van der Waals surface area contributed by atoms with Crippen molar-refractivity contribution in [1.82, 2.24) is 59.2 Å². The first kappa shape index (κ1) is 63.4. The minimum Gasteiger partial charge on any atom is -0.494 e. The Labute approximate surface area is 547 Å². The number of aryl methyl sites for hydroxylation is 1. The van der Waals surface area contributed by atoms with Crippen molar-refractivity contribution >= 4 is 69.3 Å². The van der Waals surface area contributed by atoms with Gasteiger partial charge in [-0.3, -0.25) is 19.1 Å². The maximum Gasteiger partial charge on any atom is 0.267 e. The van der Waals surface area contributed by atoms with Gasteiger partial charge in [-0.1, -0.05) is 48.5 Å². The van der Waals surface area contributed by atoms with Crippen LogP contribution in [0.2, 0.25) is 0 Å². The number of hydrogen-bond donors (Lipinski definition) is 6. The Morgan fingerprint density at radius 1 is 0.531 bits per heavy atom. The third-order valence-electron chi connectivity index (χ3n) is 16.4. The Morgan fingerprint density at radius 2 is 0.969 bits per heavy atom. The van der Waals surface area contributed by atoms with Crippen LogP contribution in [0.3, 0.4) is 0 Å². The zero-order valence-corrected chi connectivity index (χ0v) is 53.0. The van der Waals surface area contributed by atoms with E-state index in [-0.39, 0.29) is 123 Å². The number of para-hydroxylation sites is 3. The van der Waals surface area contributed by atoms with Crippen molar-refractivity contribution < 1.29 is 46.2 Å². The van der Waals surface area contributed by atoms with Crippen molar-refractivity contribution in [3.8, 4) is 51.4 Å². The van der Waals surface area contributed by atoms with Crippen LogP contribution >= 0.6 is 0 Å². The summed E-state index contributed by atoms with van der Waals surface area (Å²) in [5, 5.41) is 32.4. The summed E-state index contributed by atoms with van der Waals surface area (Å²) in [6.07, 6.45) is 5.42. The number of nitrogens with zero attached hydrogens (tertiary/aromatic N) is 12. The number of nitrogens with one attached hydrogen (secondary N) is 6. The predicted octanol–water partition coefficient (Wildman–Crippen LogP) is 12.8. The molecule has 6 heterocycles. The monoisotopic (exact) mass is 1310 g/mol. The highest BCUT2D eigenvalue weighted by atomic mass is 19.3. The van der Waals surface area contributed by atoms with Gasteiger partial charge >= 0.3 is 0 Å². The summed E-state index contributed by atoms with van der Waals surface area (Å²) in [6.45, 7) is 2.28. The van der Waals surface area contributed by atoms with Gasteiger partial charge in [-0.15, -0.1) is 0 Å². The maximum absolute atomic E-state index is 17.2. The Balaban J connectivity index is 0.803. The SMILES string of the molecule is COc1c(Nc2cc(NC(=O)C3CC3)ncc2C(F)c2ccccc2)cccc1-c1ncn(Cc2nc(NC(=O)C3CC3)cc(Nc3cccc(-c4ncn(Cc5nc(NC(=O)C6CC6)cc(Nc6cccc(-c7ncn(C)n7)c6OC)c5C(F)F)n4)c3OC)c2C(C)(C)F)n1. The molecule has 96 heavy (non-hydrogen) atoms. The molecule has 4 aromatic carbocycles. The Morgan fingerprint density at radius 3 is 1.44 bits per heavy atom. The van der Waals surface area contributed by atoms with Crippen LogP contribution in [0.25, 0.3) is 34.2 Å². The van der Waals surface area contributed by atoms with E-state index in [1.807, 2.05) is 0 Å². The molecular formula is C68H66F4N18O6. The van der Waals surface area contributed by atoms with Crippen LogP contribution < -0.4 is 46.1 Å². The number of amides is 3. The number of hydrogen-bond acceptors (Lipinski definition) is 18. The van der Waals surface area contributed by atoms with Crippen molar-refractivity contribution in [3.05, 3.63) is 162 Å². The van der Waals surface area contributed by atoms with Crippen molar-refractivity contribution in [1.29, 1.82) is 0 Å².